The fourth-order valence-electron chi connectivity index (χ4n) is 2.28. The van der Waals surface area contributed by atoms with E-state index in [0.29, 0.717) is 17.4 Å². The second-order valence-corrected chi connectivity index (χ2v) is 6.51. The molecule has 0 aliphatic heterocycles. The highest BCUT2D eigenvalue weighted by molar-refractivity contribution is 6.36. The van der Waals surface area contributed by atoms with E-state index >= 15 is 0 Å². The molecule has 7 nitrogen and oxygen atoms in total. The zero-order valence-corrected chi connectivity index (χ0v) is 15.9. The lowest BCUT2D eigenvalue weighted by atomic mass is 10.2. The zero-order valence-electron chi connectivity index (χ0n) is 14.3. The average molecular weight is 421 g/mol. The summed E-state index contributed by atoms with van der Waals surface area (Å²) in [6.45, 7) is 0.383. The van der Waals surface area contributed by atoms with Crippen LogP contribution >= 0.6 is 23.2 Å². The molecule has 0 aliphatic rings. The molecule has 0 aliphatic carbocycles. The van der Waals surface area contributed by atoms with Gasteiger partial charge in [0.2, 0.25) is 0 Å². The number of aromatic nitrogens is 2. The van der Waals surface area contributed by atoms with Crippen molar-refractivity contribution in [2.75, 3.05) is 16.5 Å². The highest BCUT2D eigenvalue weighted by Gasteiger charge is 2.13. The molecule has 0 spiro atoms. The minimum atomic E-state index is -0.486. The third-order valence-electron chi connectivity index (χ3n) is 3.73. The van der Waals surface area contributed by atoms with Crippen molar-refractivity contribution in [2.45, 2.75) is 6.54 Å². The SMILES string of the molecule is Nc1c(NCc2ccc(F)cc2)ncnc1NNC(=O)c1ccc(Cl)cc1Cl. The number of halogens is 3. The molecule has 0 saturated heterocycles. The monoisotopic (exact) mass is 420 g/mol. The third kappa shape index (κ3) is 4.79. The quantitative estimate of drug-likeness (QED) is 0.451. The van der Waals surface area contributed by atoms with Gasteiger partial charge in [0.25, 0.3) is 5.91 Å². The molecule has 3 aromatic rings. The van der Waals surface area contributed by atoms with E-state index in [0.717, 1.165) is 5.56 Å². The number of carbonyl (C=O) groups excluding carboxylic acids is 1. The summed E-state index contributed by atoms with van der Waals surface area (Å²) in [5.74, 6) is -0.232. The van der Waals surface area contributed by atoms with Gasteiger partial charge in [-0.25, -0.2) is 14.4 Å². The first-order chi connectivity index (χ1) is 13.4. The topological polar surface area (TPSA) is 105 Å². The van der Waals surface area contributed by atoms with Gasteiger partial charge >= 0.3 is 0 Å². The van der Waals surface area contributed by atoms with Crippen molar-refractivity contribution in [2.24, 2.45) is 0 Å². The molecule has 0 saturated carbocycles. The Kier molecular flexibility index (Phi) is 6.13. The largest absolute Gasteiger partial charge is 0.393 e. The fourth-order valence-corrected chi connectivity index (χ4v) is 2.78. The second kappa shape index (κ2) is 8.73. The first kappa shape index (κ1) is 19.7. The minimum absolute atomic E-state index is 0.201. The van der Waals surface area contributed by atoms with Crippen molar-refractivity contribution < 1.29 is 9.18 Å². The van der Waals surface area contributed by atoms with E-state index in [1.165, 1.54) is 30.6 Å². The number of hydrogen-bond donors (Lipinski definition) is 4. The van der Waals surface area contributed by atoms with Crippen LogP contribution in [0.25, 0.3) is 0 Å². The van der Waals surface area contributed by atoms with Crippen LogP contribution in [0.1, 0.15) is 15.9 Å². The van der Waals surface area contributed by atoms with Crippen LogP contribution in [0.15, 0.2) is 48.8 Å². The Hall–Kier alpha value is -3.10. The van der Waals surface area contributed by atoms with Crippen LogP contribution in [0.4, 0.5) is 21.7 Å². The number of nitrogens with one attached hydrogen (secondary N) is 3. The van der Waals surface area contributed by atoms with Crippen LogP contribution in [0.5, 0.6) is 0 Å². The van der Waals surface area contributed by atoms with E-state index in [9.17, 15) is 9.18 Å². The lowest BCUT2D eigenvalue weighted by Gasteiger charge is -2.13. The van der Waals surface area contributed by atoms with Gasteiger partial charge in [0.05, 0.1) is 10.6 Å². The first-order valence-electron chi connectivity index (χ1n) is 8.04. The molecule has 0 atom stereocenters. The summed E-state index contributed by atoms with van der Waals surface area (Å²) >= 11 is 11.8. The number of benzene rings is 2. The lowest BCUT2D eigenvalue weighted by molar-refractivity contribution is 0.0962. The molecule has 0 bridgehead atoms. The summed E-state index contributed by atoms with van der Waals surface area (Å²) in [7, 11) is 0. The summed E-state index contributed by atoms with van der Waals surface area (Å²) in [6, 6.07) is 10.5. The lowest BCUT2D eigenvalue weighted by Crippen LogP contribution is -2.30. The second-order valence-electron chi connectivity index (χ2n) is 5.67. The molecule has 144 valence electrons. The molecule has 3 rings (SSSR count). The number of nitrogen functional groups attached to an aromatic ring is 1. The molecule has 28 heavy (non-hydrogen) atoms. The van der Waals surface area contributed by atoms with Gasteiger partial charge in [0.15, 0.2) is 11.6 Å². The van der Waals surface area contributed by atoms with Crippen molar-refractivity contribution in [3.63, 3.8) is 0 Å². The number of rotatable bonds is 6. The summed E-state index contributed by atoms with van der Waals surface area (Å²) in [5.41, 5.74) is 12.4. The molecule has 1 aromatic heterocycles. The van der Waals surface area contributed by atoms with Crippen LogP contribution < -0.4 is 21.9 Å². The average Bonchev–Trinajstić information content (AvgIpc) is 2.67. The summed E-state index contributed by atoms with van der Waals surface area (Å²) < 4.78 is 13.0. The molecule has 5 N–H and O–H groups in total. The molecule has 0 unspecified atom stereocenters. The number of amides is 1. The van der Waals surface area contributed by atoms with Crippen LogP contribution in [0, 0.1) is 5.82 Å². The van der Waals surface area contributed by atoms with Crippen LogP contribution in [0.3, 0.4) is 0 Å². The van der Waals surface area contributed by atoms with Crippen molar-refractivity contribution in [1.82, 2.24) is 15.4 Å². The minimum Gasteiger partial charge on any atom is -0.393 e. The van der Waals surface area contributed by atoms with Crippen LogP contribution in [-0.2, 0) is 6.54 Å². The molecule has 0 fully saturated rings. The summed E-state index contributed by atoms with van der Waals surface area (Å²) in [5, 5.41) is 3.67. The van der Waals surface area contributed by atoms with Crippen molar-refractivity contribution in [3.8, 4) is 0 Å². The van der Waals surface area contributed by atoms with Crippen LogP contribution in [0.2, 0.25) is 10.0 Å². The number of nitrogens with two attached hydrogens (primary N) is 1. The number of carbonyl (C=O) groups is 1. The third-order valence-corrected chi connectivity index (χ3v) is 4.28. The highest BCUT2D eigenvalue weighted by atomic mass is 35.5. The number of anilines is 3. The summed E-state index contributed by atoms with van der Waals surface area (Å²) in [4.78, 5) is 20.3. The number of hydrogen-bond acceptors (Lipinski definition) is 6. The maximum Gasteiger partial charge on any atom is 0.271 e. The van der Waals surface area contributed by atoms with Gasteiger partial charge in [0, 0.05) is 11.6 Å². The van der Waals surface area contributed by atoms with Crippen LogP contribution in [-0.4, -0.2) is 15.9 Å². The van der Waals surface area contributed by atoms with Crippen molar-refractivity contribution >= 4 is 46.4 Å². The van der Waals surface area contributed by atoms with E-state index in [4.69, 9.17) is 28.9 Å². The van der Waals surface area contributed by atoms with Gasteiger partial charge in [-0.1, -0.05) is 35.3 Å². The fraction of sp³-hybridized carbons (Fsp3) is 0.0556. The highest BCUT2D eigenvalue weighted by Crippen LogP contribution is 2.23. The van der Waals surface area contributed by atoms with Crippen molar-refractivity contribution in [1.29, 1.82) is 0 Å². The standard InChI is InChI=1S/C18H15Cl2FN6O/c19-11-3-6-13(14(20)7-11)18(28)27-26-17-15(22)16(24-9-25-17)23-8-10-1-4-12(21)5-2-10/h1-7,9H,8,22H2,(H,27,28)(H2,23,24,25,26). The Morgan fingerprint density at radius 2 is 1.79 bits per heavy atom. The van der Waals surface area contributed by atoms with Gasteiger partial charge in [-0.05, 0) is 35.9 Å². The predicted octanol–water partition coefficient (Wildman–Crippen LogP) is 3.87. The molecular weight excluding hydrogens is 406 g/mol. The van der Waals surface area contributed by atoms with E-state index in [-0.39, 0.29) is 27.9 Å². The first-order valence-corrected chi connectivity index (χ1v) is 8.80. The van der Waals surface area contributed by atoms with E-state index < -0.39 is 5.91 Å². The smallest absolute Gasteiger partial charge is 0.271 e. The van der Waals surface area contributed by atoms with Gasteiger partial charge < -0.3 is 11.1 Å². The van der Waals surface area contributed by atoms with E-state index in [1.807, 2.05) is 0 Å². The van der Waals surface area contributed by atoms with E-state index in [2.05, 4.69) is 26.1 Å². The summed E-state index contributed by atoms with van der Waals surface area (Å²) in [6.07, 6.45) is 1.28. The Labute approximate surface area is 170 Å². The Morgan fingerprint density at radius 1 is 1.07 bits per heavy atom. The molecule has 2 aromatic carbocycles. The van der Waals surface area contributed by atoms with Gasteiger partial charge in [-0.15, -0.1) is 0 Å². The van der Waals surface area contributed by atoms with E-state index in [1.54, 1.807) is 18.2 Å². The molecular formula is C18H15Cl2FN6O. The maximum atomic E-state index is 13.0. The van der Waals surface area contributed by atoms with Crippen molar-refractivity contribution in [3.05, 3.63) is 75.8 Å². The number of nitrogens with zero attached hydrogens (tertiary/aromatic N) is 2. The Morgan fingerprint density at radius 3 is 2.50 bits per heavy atom. The Bertz CT molecular complexity index is 1000. The predicted molar refractivity (Wildman–Crippen MR) is 108 cm³/mol. The van der Waals surface area contributed by atoms with Gasteiger partial charge in [0.1, 0.15) is 17.8 Å². The normalized spacial score (nSPS) is 10.4. The van der Waals surface area contributed by atoms with Gasteiger partial charge in [-0.3, -0.25) is 15.6 Å². The number of hydrazine groups is 1. The molecule has 0 radical (unpaired) electrons. The maximum absolute atomic E-state index is 13.0. The van der Waals surface area contributed by atoms with Gasteiger partial charge in [-0.2, -0.15) is 0 Å². The zero-order chi connectivity index (χ0) is 20.1. The molecule has 10 heteroatoms. The molecule has 1 heterocycles. The Balaban J connectivity index is 1.65. The molecule has 1 amide bonds.